The average Bonchev–Trinajstić information content (AvgIpc) is 2.13. The molecule has 0 radical (unpaired) electrons. The monoisotopic (exact) mass is 207 g/mol. The molecule has 1 spiro atoms. The molecule has 74 valence electrons. The van der Waals surface area contributed by atoms with Crippen LogP contribution in [0.25, 0.3) is 0 Å². The minimum absolute atomic E-state index is 0.457. The minimum atomic E-state index is 0.457. The highest BCUT2D eigenvalue weighted by atomic mass is 35.5. The lowest BCUT2D eigenvalue weighted by Crippen LogP contribution is -2.58. The molecule has 2 heteroatoms. The maximum absolute atomic E-state index is 6.02. The van der Waals surface area contributed by atoms with E-state index >= 15 is 0 Å². The van der Waals surface area contributed by atoms with Crippen LogP contribution < -0.4 is 5.32 Å². The van der Waals surface area contributed by atoms with Gasteiger partial charge in [0.2, 0.25) is 0 Å². The molecule has 0 unspecified atom stereocenters. The van der Waals surface area contributed by atoms with Gasteiger partial charge in [0.1, 0.15) is 0 Å². The zero-order chi connectivity index (χ0) is 9.60. The van der Waals surface area contributed by atoms with Crippen LogP contribution in [0.4, 0.5) is 0 Å². The molecule has 1 aromatic carbocycles. The third-order valence-electron chi connectivity index (χ3n) is 3.67. The van der Waals surface area contributed by atoms with Crippen LogP contribution in [0.1, 0.15) is 24.0 Å². The molecule has 1 N–H and O–H groups in total. The predicted molar refractivity (Wildman–Crippen MR) is 58.9 cm³/mol. The highest BCUT2D eigenvalue weighted by Gasteiger charge is 2.41. The summed E-state index contributed by atoms with van der Waals surface area (Å²) in [7, 11) is 0. The van der Waals surface area contributed by atoms with E-state index in [1.807, 2.05) is 6.07 Å². The predicted octanol–water partition coefficient (Wildman–Crippen LogP) is 2.52. The van der Waals surface area contributed by atoms with E-state index < -0.39 is 0 Å². The quantitative estimate of drug-likeness (QED) is 0.690. The smallest absolute Gasteiger partial charge is 0.0408 e. The molecular weight excluding hydrogens is 194 g/mol. The number of hydrogen-bond acceptors (Lipinski definition) is 1. The summed E-state index contributed by atoms with van der Waals surface area (Å²) in [5.41, 5.74) is 3.48. The van der Waals surface area contributed by atoms with Crippen molar-refractivity contribution >= 4 is 11.6 Å². The van der Waals surface area contributed by atoms with Gasteiger partial charge in [-0.1, -0.05) is 17.7 Å². The number of rotatable bonds is 0. The Morgan fingerprint density at radius 1 is 1.29 bits per heavy atom. The number of fused-ring (bicyclic) bond motifs is 2. The Bertz CT molecular complexity index is 369. The summed E-state index contributed by atoms with van der Waals surface area (Å²) in [5, 5.41) is 4.28. The summed E-state index contributed by atoms with van der Waals surface area (Å²) in [6.07, 6.45) is 3.86. The van der Waals surface area contributed by atoms with Gasteiger partial charge in [-0.2, -0.15) is 0 Å². The average molecular weight is 208 g/mol. The highest BCUT2D eigenvalue weighted by Crippen LogP contribution is 2.40. The molecule has 1 nitrogen and oxygen atoms in total. The Kier molecular flexibility index (Phi) is 1.86. The molecular formula is C12H14ClN. The zero-order valence-corrected chi connectivity index (χ0v) is 8.90. The molecule has 14 heavy (non-hydrogen) atoms. The van der Waals surface area contributed by atoms with Crippen molar-refractivity contribution in [2.45, 2.75) is 24.7 Å². The number of benzene rings is 1. The Morgan fingerprint density at radius 3 is 2.86 bits per heavy atom. The topological polar surface area (TPSA) is 12.0 Å². The van der Waals surface area contributed by atoms with Crippen molar-refractivity contribution in [3.05, 3.63) is 34.3 Å². The van der Waals surface area contributed by atoms with Gasteiger partial charge < -0.3 is 5.32 Å². The van der Waals surface area contributed by atoms with Crippen molar-refractivity contribution in [1.29, 1.82) is 0 Å². The van der Waals surface area contributed by atoms with Gasteiger partial charge in [-0.3, -0.25) is 0 Å². The van der Waals surface area contributed by atoms with Gasteiger partial charge in [-0.15, -0.1) is 0 Å². The number of hydrogen-bond donors (Lipinski definition) is 1. The van der Waals surface area contributed by atoms with Gasteiger partial charge in [-0.25, -0.2) is 0 Å². The van der Waals surface area contributed by atoms with Gasteiger partial charge in [0.15, 0.2) is 0 Å². The Hall–Kier alpha value is -0.530. The molecule has 2 aliphatic rings. The van der Waals surface area contributed by atoms with E-state index in [0.29, 0.717) is 5.41 Å². The lowest BCUT2D eigenvalue weighted by molar-refractivity contribution is 0.239. The van der Waals surface area contributed by atoms with Gasteiger partial charge in [0.05, 0.1) is 0 Å². The Labute approximate surface area is 89.5 Å². The fourth-order valence-corrected chi connectivity index (χ4v) is 3.03. The lowest BCUT2D eigenvalue weighted by Gasteiger charge is -2.47. The zero-order valence-electron chi connectivity index (χ0n) is 8.15. The van der Waals surface area contributed by atoms with Crippen molar-refractivity contribution in [3.8, 4) is 0 Å². The summed E-state index contributed by atoms with van der Waals surface area (Å²) >= 11 is 6.02. The first kappa shape index (κ1) is 8.75. The van der Waals surface area contributed by atoms with Crippen LogP contribution in [0.2, 0.25) is 5.02 Å². The van der Waals surface area contributed by atoms with E-state index in [4.69, 9.17) is 11.6 Å². The molecule has 1 aromatic rings. The van der Waals surface area contributed by atoms with Gasteiger partial charge >= 0.3 is 0 Å². The van der Waals surface area contributed by atoms with Crippen molar-refractivity contribution in [3.63, 3.8) is 0 Å². The lowest BCUT2D eigenvalue weighted by atomic mass is 9.66. The van der Waals surface area contributed by atoms with E-state index in [1.54, 1.807) is 5.56 Å². The maximum atomic E-state index is 6.02. The van der Waals surface area contributed by atoms with Crippen molar-refractivity contribution in [2.75, 3.05) is 13.1 Å². The van der Waals surface area contributed by atoms with E-state index in [2.05, 4.69) is 17.4 Å². The second-order valence-electron chi connectivity index (χ2n) is 4.54. The molecule has 0 saturated carbocycles. The fourth-order valence-electron chi connectivity index (χ4n) is 2.83. The summed E-state index contributed by atoms with van der Waals surface area (Å²) in [6.45, 7) is 2.31. The van der Waals surface area contributed by atoms with Crippen molar-refractivity contribution in [2.24, 2.45) is 0 Å². The molecule has 0 amide bonds. The molecule has 0 aromatic heterocycles. The fraction of sp³-hybridized carbons (Fsp3) is 0.500. The summed E-state index contributed by atoms with van der Waals surface area (Å²) in [6, 6.07) is 6.42. The van der Waals surface area contributed by atoms with E-state index in [9.17, 15) is 0 Å². The standard InChI is InChI=1S/C12H14ClN/c13-10-3-4-11-9(6-10)2-1-5-12(11)7-14-8-12/h3-4,6,14H,1-2,5,7-8H2. The normalized spacial score (nSPS) is 22.9. The van der Waals surface area contributed by atoms with E-state index in [-0.39, 0.29) is 0 Å². The first-order chi connectivity index (χ1) is 6.80. The van der Waals surface area contributed by atoms with Crippen LogP contribution >= 0.6 is 11.6 Å². The van der Waals surface area contributed by atoms with Crippen LogP contribution in [0.15, 0.2) is 18.2 Å². The highest BCUT2D eigenvalue weighted by molar-refractivity contribution is 6.30. The molecule has 1 aliphatic carbocycles. The summed E-state index contributed by atoms with van der Waals surface area (Å²) in [5.74, 6) is 0. The van der Waals surface area contributed by atoms with Crippen LogP contribution in [0.3, 0.4) is 0 Å². The third kappa shape index (κ3) is 1.12. The molecule has 1 fully saturated rings. The largest absolute Gasteiger partial charge is 0.315 e. The second kappa shape index (κ2) is 2.98. The SMILES string of the molecule is Clc1ccc2c(c1)CCCC21CNC1. The van der Waals surface area contributed by atoms with Crippen molar-refractivity contribution < 1.29 is 0 Å². The molecule has 0 atom stereocenters. The van der Waals surface area contributed by atoms with Gasteiger partial charge in [0.25, 0.3) is 0 Å². The summed E-state index contributed by atoms with van der Waals surface area (Å²) < 4.78 is 0. The number of halogens is 1. The minimum Gasteiger partial charge on any atom is -0.315 e. The number of nitrogens with one attached hydrogen (secondary N) is 1. The first-order valence-corrected chi connectivity index (χ1v) is 5.68. The van der Waals surface area contributed by atoms with Crippen LogP contribution in [0.5, 0.6) is 0 Å². The maximum Gasteiger partial charge on any atom is 0.0408 e. The number of aryl methyl sites for hydroxylation is 1. The molecule has 1 saturated heterocycles. The van der Waals surface area contributed by atoms with Crippen LogP contribution in [-0.2, 0) is 11.8 Å². The van der Waals surface area contributed by atoms with Crippen molar-refractivity contribution in [1.82, 2.24) is 5.32 Å². The molecule has 1 heterocycles. The van der Waals surface area contributed by atoms with E-state index in [1.165, 1.54) is 24.8 Å². The van der Waals surface area contributed by atoms with Crippen LogP contribution in [0, 0.1) is 0 Å². The van der Waals surface area contributed by atoms with Crippen LogP contribution in [-0.4, -0.2) is 13.1 Å². The summed E-state index contributed by atoms with van der Waals surface area (Å²) in [4.78, 5) is 0. The Morgan fingerprint density at radius 2 is 2.14 bits per heavy atom. The molecule has 3 rings (SSSR count). The molecule has 0 bridgehead atoms. The Balaban J connectivity index is 2.10. The molecule has 1 aliphatic heterocycles. The second-order valence-corrected chi connectivity index (χ2v) is 4.98. The van der Waals surface area contributed by atoms with Gasteiger partial charge in [-0.05, 0) is 42.5 Å². The van der Waals surface area contributed by atoms with Gasteiger partial charge in [0, 0.05) is 23.5 Å². The first-order valence-electron chi connectivity index (χ1n) is 5.30. The van der Waals surface area contributed by atoms with E-state index in [0.717, 1.165) is 18.1 Å². The third-order valence-corrected chi connectivity index (χ3v) is 3.90.